The maximum atomic E-state index is 11.0. The van der Waals surface area contributed by atoms with Crippen LogP contribution in [0, 0.1) is 10.1 Å². The van der Waals surface area contributed by atoms with Crippen LogP contribution in [0.2, 0.25) is 0 Å². The molecule has 0 unspecified atom stereocenters. The number of nitrogens with zero attached hydrogens (tertiary/aromatic N) is 1. The highest BCUT2D eigenvalue weighted by Crippen LogP contribution is 2.33. The fourth-order valence-corrected chi connectivity index (χ4v) is 1.81. The minimum absolute atomic E-state index is 0.000278. The van der Waals surface area contributed by atoms with Crippen molar-refractivity contribution in [1.82, 2.24) is 0 Å². The summed E-state index contributed by atoms with van der Waals surface area (Å²) in [6.07, 6.45) is 7.83. The second kappa shape index (κ2) is 4.18. The quantitative estimate of drug-likeness (QED) is 0.469. The second-order valence-corrected chi connectivity index (χ2v) is 3.64. The molecular formula is C12H12N2O2. The number of hydrogen-bond donors (Lipinski definition) is 1. The lowest BCUT2D eigenvalue weighted by molar-refractivity contribution is -0.384. The molecule has 1 aliphatic carbocycles. The Morgan fingerprint density at radius 2 is 2.12 bits per heavy atom. The highest BCUT2D eigenvalue weighted by atomic mass is 16.6. The normalized spacial score (nSPS) is 14.6. The van der Waals surface area contributed by atoms with Gasteiger partial charge in [0.05, 0.1) is 10.5 Å². The smallest absolute Gasteiger partial charge is 0.299 e. The van der Waals surface area contributed by atoms with Crippen molar-refractivity contribution >= 4 is 16.9 Å². The third-order valence-electron chi connectivity index (χ3n) is 2.56. The van der Waals surface area contributed by atoms with E-state index in [1.807, 2.05) is 18.2 Å². The lowest BCUT2D eigenvalue weighted by Crippen LogP contribution is -2.00. The van der Waals surface area contributed by atoms with Gasteiger partial charge >= 0.3 is 0 Å². The zero-order chi connectivity index (χ0) is 11.5. The lowest BCUT2D eigenvalue weighted by Gasteiger charge is -2.08. The summed E-state index contributed by atoms with van der Waals surface area (Å²) < 4.78 is 0. The average molecular weight is 216 g/mol. The third kappa shape index (κ3) is 1.82. The molecule has 1 aliphatic rings. The maximum absolute atomic E-state index is 11.0. The van der Waals surface area contributed by atoms with Gasteiger partial charge in [0.15, 0.2) is 0 Å². The number of para-hydroxylation sites is 1. The minimum atomic E-state index is -0.423. The number of rotatable bonds is 2. The number of hydrogen-bond acceptors (Lipinski definition) is 3. The summed E-state index contributed by atoms with van der Waals surface area (Å²) in [4.78, 5) is 10.5. The number of allylic oxidation sites excluding steroid dienone is 4. The van der Waals surface area contributed by atoms with Gasteiger partial charge in [-0.25, -0.2) is 0 Å². The molecule has 1 aromatic rings. The molecule has 0 saturated heterocycles. The van der Waals surface area contributed by atoms with Crippen LogP contribution in [0.3, 0.4) is 0 Å². The van der Waals surface area contributed by atoms with Crippen molar-refractivity contribution in [2.45, 2.75) is 12.8 Å². The van der Waals surface area contributed by atoms with Crippen molar-refractivity contribution in [2.24, 2.45) is 0 Å². The van der Waals surface area contributed by atoms with Crippen molar-refractivity contribution in [3.05, 3.63) is 52.1 Å². The van der Waals surface area contributed by atoms with Crippen molar-refractivity contribution in [3.8, 4) is 0 Å². The average Bonchev–Trinajstić information content (AvgIpc) is 2.29. The Labute approximate surface area is 93.2 Å². The van der Waals surface area contributed by atoms with Gasteiger partial charge in [-0.15, -0.1) is 0 Å². The van der Waals surface area contributed by atoms with E-state index in [-0.39, 0.29) is 11.4 Å². The first-order valence-electron chi connectivity index (χ1n) is 5.10. The first kappa shape index (κ1) is 10.4. The van der Waals surface area contributed by atoms with Gasteiger partial charge in [-0.1, -0.05) is 24.3 Å². The molecule has 0 saturated carbocycles. The topological polar surface area (TPSA) is 69.2 Å². The first-order chi connectivity index (χ1) is 7.70. The summed E-state index contributed by atoms with van der Waals surface area (Å²) in [5.41, 5.74) is 7.32. The van der Waals surface area contributed by atoms with Gasteiger partial charge < -0.3 is 5.73 Å². The van der Waals surface area contributed by atoms with Gasteiger partial charge in [0, 0.05) is 0 Å². The van der Waals surface area contributed by atoms with Crippen LogP contribution in [-0.4, -0.2) is 4.92 Å². The van der Waals surface area contributed by atoms with Crippen LogP contribution in [0.1, 0.15) is 18.4 Å². The van der Waals surface area contributed by atoms with Gasteiger partial charge in [0.1, 0.15) is 5.69 Å². The Morgan fingerprint density at radius 3 is 2.75 bits per heavy atom. The van der Waals surface area contributed by atoms with E-state index in [0.717, 1.165) is 18.4 Å². The van der Waals surface area contributed by atoms with Crippen LogP contribution in [0.15, 0.2) is 36.4 Å². The molecular weight excluding hydrogens is 204 g/mol. The van der Waals surface area contributed by atoms with Gasteiger partial charge in [-0.3, -0.25) is 10.1 Å². The Bertz CT molecular complexity index is 490. The molecule has 0 radical (unpaired) electrons. The third-order valence-corrected chi connectivity index (χ3v) is 2.56. The standard InChI is InChI=1S/C12H12N2O2/c13-11-8-4-7-10(12(11)14(15)16)9-5-2-1-3-6-9/h2,4-8H,1,3,13H2. The summed E-state index contributed by atoms with van der Waals surface area (Å²) >= 11 is 0. The Kier molecular flexibility index (Phi) is 2.72. The van der Waals surface area contributed by atoms with E-state index in [1.54, 1.807) is 18.2 Å². The second-order valence-electron chi connectivity index (χ2n) is 3.64. The predicted molar refractivity (Wildman–Crippen MR) is 63.9 cm³/mol. The van der Waals surface area contributed by atoms with E-state index >= 15 is 0 Å². The Hall–Kier alpha value is -2.10. The van der Waals surface area contributed by atoms with E-state index in [2.05, 4.69) is 0 Å². The molecule has 0 heterocycles. The SMILES string of the molecule is Nc1cccc(C2=CCCC=C2)c1[N+](=O)[O-]. The van der Waals surface area contributed by atoms with E-state index in [1.165, 1.54) is 0 Å². The molecule has 4 heteroatoms. The van der Waals surface area contributed by atoms with Crippen LogP contribution < -0.4 is 5.73 Å². The summed E-state index contributed by atoms with van der Waals surface area (Å²) in [5.74, 6) is 0. The van der Waals surface area contributed by atoms with Crippen molar-refractivity contribution in [1.29, 1.82) is 0 Å². The predicted octanol–water partition coefficient (Wildman–Crippen LogP) is 2.91. The molecule has 4 nitrogen and oxygen atoms in total. The number of nitrogen functional groups attached to an aromatic ring is 1. The summed E-state index contributed by atoms with van der Waals surface area (Å²) in [6, 6.07) is 5.02. The molecule has 0 atom stereocenters. The number of nitrogens with two attached hydrogens (primary N) is 1. The van der Waals surface area contributed by atoms with Gasteiger partial charge in [-0.2, -0.15) is 0 Å². The number of nitro groups is 1. The highest BCUT2D eigenvalue weighted by molar-refractivity contribution is 5.84. The molecule has 0 fully saturated rings. The van der Waals surface area contributed by atoms with E-state index < -0.39 is 4.92 Å². The fourth-order valence-electron chi connectivity index (χ4n) is 1.81. The lowest BCUT2D eigenvalue weighted by atomic mass is 9.97. The molecule has 1 aromatic carbocycles. The van der Waals surface area contributed by atoms with Crippen LogP contribution in [-0.2, 0) is 0 Å². The first-order valence-corrected chi connectivity index (χ1v) is 5.10. The van der Waals surface area contributed by atoms with E-state index in [4.69, 9.17) is 5.73 Å². The summed E-state index contributed by atoms with van der Waals surface area (Å²) in [5, 5.41) is 11.0. The molecule has 2 N–H and O–H groups in total. The molecule has 0 aromatic heterocycles. The van der Waals surface area contributed by atoms with Crippen LogP contribution in [0.4, 0.5) is 11.4 Å². The fraction of sp³-hybridized carbons (Fsp3) is 0.167. The monoisotopic (exact) mass is 216 g/mol. The Balaban J connectivity index is 2.56. The number of anilines is 1. The van der Waals surface area contributed by atoms with Crippen LogP contribution >= 0.6 is 0 Å². The summed E-state index contributed by atoms with van der Waals surface area (Å²) in [6.45, 7) is 0. The molecule has 0 spiro atoms. The molecule has 82 valence electrons. The number of benzene rings is 1. The molecule has 0 aliphatic heterocycles. The van der Waals surface area contributed by atoms with Crippen molar-refractivity contribution in [3.63, 3.8) is 0 Å². The molecule has 2 rings (SSSR count). The zero-order valence-electron chi connectivity index (χ0n) is 8.72. The molecule has 0 bridgehead atoms. The van der Waals surface area contributed by atoms with Gasteiger partial charge in [-0.05, 0) is 30.5 Å². The minimum Gasteiger partial charge on any atom is -0.393 e. The van der Waals surface area contributed by atoms with Crippen molar-refractivity contribution < 1.29 is 4.92 Å². The molecule has 16 heavy (non-hydrogen) atoms. The maximum Gasteiger partial charge on any atom is 0.299 e. The summed E-state index contributed by atoms with van der Waals surface area (Å²) in [7, 11) is 0. The van der Waals surface area contributed by atoms with E-state index in [9.17, 15) is 10.1 Å². The highest BCUT2D eigenvalue weighted by Gasteiger charge is 2.19. The zero-order valence-corrected chi connectivity index (χ0v) is 8.72. The largest absolute Gasteiger partial charge is 0.393 e. The van der Waals surface area contributed by atoms with Gasteiger partial charge in [0.2, 0.25) is 0 Å². The Morgan fingerprint density at radius 1 is 1.31 bits per heavy atom. The van der Waals surface area contributed by atoms with Crippen LogP contribution in [0.25, 0.3) is 5.57 Å². The molecule has 0 amide bonds. The van der Waals surface area contributed by atoms with Crippen LogP contribution in [0.5, 0.6) is 0 Å². The van der Waals surface area contributed by atoms with E-state index in [0.29, 0.717) is 5.56 Å². The van der Waals surface area contributed by atoms with Gasteiger partial charge in [0.25, 0.3) is 5.69 Å². The number of nitro benzene ring substituents is 1. The van der Waals surface area contributed by atoms with Crippen molar-refractivity contribution in [2.75, 3.05) is 5.73 Å².